The molecule has 1 saturated carbocycles. The second kappa shape index (κ2) is 14.3. The molecular formula is C30H43N3O7. The summed E-state index contributed by atoms with van der Waals surface area (Å²) in [7, 11) is 0. The van der Waals surface area contributed by atoms with Gasteiger partial charge in [-0.25, -0.2) is 9.59 Å². The zero-order valence-corrected chi connectivity index (χ0v) is 23.7. The van der Waals surface area contributed by atoms with Gasteiger partial charge in [-0.3, -0.25) is 9.59 Å². The van der Waals surface area contributed by atoms with Crippen molar-refractivity contribution in [2.75, 3.05) is 13.2 Å². The summed E-state index contributed by atoms with van der Waals surface area (Å²) in [4.78, 5) is 51.6. The monoisotopic (exact) mass is 557 g/mol. The quantitative estimate of drug-likeness (QED) is 0.298. The summed E-state index contributed by atoms with van der Waals surface area (Å²) in [6.07, 6.45) is 6.35. The minimum atomic E-state index is -0.983. The minimum absolute atomic E-state index is 0.0396. The zero-order chi connectivity index (χ0) is 29.2. The molecule has 40 heavy (non-hydrogen) atoms. The van der Waals surface area contributed by atoms with Crippen molar-refractivity contribution in [3.63, 3.8) is 0 Å². The first-order chi connectivity index (χ1) is 19.0. The molecule has 3 rings (SSSR count). The van der Waals surface area contributed by atoms with Crippen LogP contribution in [0.2, 0.25) is 0 Å². The normalized spacial score (nSPS) is 23.6. The maximum Gasteiger partial charge on any atom is 0.408 e. The largest absolute Gasteiger partial charge is 0.462 e. The van der Waals surface area contributed by atoms with Crippen LogP contribution in [0.15, 0.2) is 42.5 Å². The van der Waals surface area contributed by atoms with Crippen LogP contribution in [-0.2, 0) is 30.5 Å². The fraction of sp³-hybridized carbons (Fsp3) is 0.600. The summed E-state index contributed by atoms with van der Waals surface area (Å²) in [6, 6.07) is 7.69. The lowest BCUT2D eigenvalue weighted by atomic mass is 9.86. The standard InChI is InChI=1S/C30H43N3O7/c1-29(2,3)24-19-39-27(37)23(31-28(38)40-18-21-11-5-4-6-12-21)14-8-7-13-22(26(36)32-24)17-25(35)33-30(20-34)15-9-10-16-30/h4-8,11-12,22-24,34H,9-10,13-20H2,1-3H3,(H,31,38)(H,32,36)(H,33,35)/t22-,23-,24-/m1/s1. The summed E-state index contributed by atoms with van der Waals surface area (Å²) < 4.78 is 10.8. The maximum atomic E-state index is 13.3. The summed E-state index contributed by atoms with van der Waals surface area (Å²) in [6.45, 7) is 5.59. The summed E-state index contributed by atoms with van der Waals surface area (Å²) in [5.41, 5.74) is -0.258. The number of amides is 3. The van der Waals surface area contributed by atoms with Crippen LogP contribution in [0.3, 0.4) is 0 Å². The number of carbonyl (C=O) groups is 4. The van der Waals surface area contributed by atoms with E-state index in [4.69, 9.17) is 9.47 Å². The highest BCUT2D eigenvalue weighted by Gasteiger charge is 2.36. The van der Waals surface area contributed by atoms with Crippen molar-refractivity contribution in [1.29, 1.82) is 0 Å². The SMILES string of the molecule is CC(C)(C)[C@H]1COC(=O)[C@H](NC(=O)OCc2ccccc2)CC=CC[C@H](CC(=O)NC2(CO)CCCC2)C(=O)N1. The van der Waals surface area contributed by atoms with Gasteiger partial charge in [0.1, 0.15) is 19.3 Å². The number of cyclic esters (lactones) is 1. The van der Waals surface area contributed by atoms with E-state index in [-0.39, 0.29) is 50.9 Å². The van der Waals surface area contributed by atoms with E-state index in [2.05, 4.69) is 16.0 Å². The van der Waals surface area contributed by atoms with Crippen LogP contribution in [0.4, 0.5) is 4.79 Å². The van der Waals surface area contributed by atoms with Gasteiger partial charge in [-0.1, -0.05) is 76.1 Å². The van der Waals surface area contributed by atoms with E-state index in [1.165, 1.54) is 0 Å². The number of nitrogens with one attached hydrogen (secondary N) is 3. The van der Waals surface area contributed by atoms with Crippen molar-refractivity contribution >= 4 is 23.9 Å². The van der Waals surface area contributed by atoms with Crippen LogP contribution >= 0.6 is 0 Å². The average Bonchev–Trinajstić information content (AvgIpc) is 3.38. The Morgan fingerprint density at radius 1 is 1.10 bits per heavy atom. The van der Waals surface area contributed by atoms with Crippen LogP contribution in [0.1, 0.15) is 71.3 Å². The molecular weight excluding hydrogens is 514 g/mol. The first-order valence-corrected chi connectivity index (χ1v) is 14.0. The van der Waals surface area contributed by atoms with Gasteiger partial charge in [-0.05, 0) is 36.7 Å². The molecule has 3 amide bonds. The number of rotatable bonds is 7. The predicted octanol–water partition coefficient (Wildman–Crippen LogP) is 3.13. The second-order valence-electron chi connectivity index (χ2n) is 11.9. The van der Waals surface area contributed by atoms with Gasteiger partial charge in [0.25, 0.3) is 0 Å². The molecule has 10 nitrogen and oxygen atoms in total. The van der Waals surface area contributed by atoms with Crippen molar-refractivity contribution in [3.8, 4) is 0 Å². The Labute approximate surface area is 236 Å². The van der Waals surface area contributed by atoms with Crippen molar-refractivity contribution in [3.05, 3.63) is 48.0 Å². The van der Waals surface area contributed by atoms with Gasteiger partial charge >= 0.3 is 12.1 Å². The Kier molecular flexibility index (Phi) is 11.1. The number of carbonyl (C=O) groups excluding carboxylic acids is 4. The summed E-state index contributed by atoms with van der Waals surface area (Å²) in [5.74, 6) is -1.88. The first kappa shape index (κ1) is 31.1. The van der Waals surface area contributed by atoms with Crippen LogP contribution in [0.5, 0.6) is 0 Å². The molecule has 220 valence electrons. The number of aliphatic hydroxyl groups excluding tert-OH is 1. The van der Waals surface area contributed by atoms with Crippen molar-refractivity contribution in [1.82, 2.24) is 16.0 Å². The Morgan fingerprint density at radius 2 is 1.77 bits per heavy atom. The van der Waals surface area contributed by atoms with Crippen LogP contribution < -0.4 is 16.0 Å². The predicted molar refractivity (Wildman–Crippen MR) is 149 cm³/mol. The van der Waals surface area contributed by atoms with Gasteiger partial charge in [0.15, 0.2) is 0 Å². The first-order valence-electron chi connectivity index (χ1n) is 14.0. The topological polar surface area (TPSA) is 143 Å². The second-order valence-corrected chi connectivity index (χ2v) is 11.9. The molecule has 1 fully saturated rings. The average molecular weight is 558 g/mol. The zero-order valence-electron chi connectivity index (χ0n) is 23.7. The van der Waals surface area contributed by atoms with E-state index in [0.29, 0.717) is 12.8 Å². The number of esters is 1. The van der Waals surface area contributed by atoms with E-state index < -0.39 is 41.0 Å². The molecule has 4 N–H and O–H groups in total. The molecule has 2 aliphatic rings. The minimum Gasteiger partial charge on any atom is -0.462 e. The molecule has 1 aliphatic carbocycles. The third kappa shape index (κ3) is 9.36. The fourth-order valence-electron chi connectivity index (χ4n) is 4.91. The summed E-state index contributed by atoms with van der Waals surface area (Å²) in [5, 5.41) is 18.4. The lowest BCUT2D eigenvalue weighted by Gasteiger charge is -2.33. The highest BCUT2D eigenvalue weighted by molar-refractivity contribution is 5.86. The molecule has 0 bridgehead atoms. The Balaban J connectivity index is 1.70. The third-order valence-corrected chi connectivity index (χ3v) is 7.57. The molecule has 10 heteroatoms. The number of hydrogen-bond donors (Lipinski definition) is 4. The van der Waals surface area contributed by atoms with Crippen molar-refractivity contribution in [2.24, 2.45) is 11.3 Å². The fourth-order valence-corrected chi connectivity index (χ4v) is 4.91. The van der Waals surface area contributed by atoms with Gasteiger partial charge in [-0.15, -0.1) is 0 Å². The number of aliphatic hydroxyl groups is 1. The van der Waals surface area contributed by atoms with Crippen LogP contribution in [0.25, 0.3) is 0 Å². The molecule has 1 aromatic carbocycles. The van der Waals surface area contributed by atoms with Crippen molar-refractivity contribution in [2.45, 2.75) is 89.9 Å². The maximum absolute atomic E-state index is 13.3. The molecule has 1 heterocycles. The Bertz CT molecular complexity index is 1050. The Morgan fingerprint density at radius 3 is 2.42 bits per heavy atom. The van der Waals surface area contributed by atoms with Crippen LogP contribution in [0, 0.1) is 11.3 Å². The van der Waals surface area contributed by atoms with Gasteiger partial charge in [0, 0.05) is 6.42 Å². The van der Waals surface area contributed by atoms with Gasteiger partial charge in [0.05, 0.1) is 24.1 Å². The van der Waals surface area contributed by atoms with E-state index in [1.54, 1.807) is 12.2 Å². The molecule has 1 aromatic rings. The lowest BCUT2D eigenvalue weighted by molar-refractivity contribution is -0.148. The number of alkyl carbamates (subject to hydrolysis) is 1. The van der Waals surface area contributed by atoms with Gasteiger partial charge in [-0.2, -0.15) is 0 Å². The van der Waals surface area contributed by atoms with Crippen LogP contribution in [-0.4, -0.2) is 59.8 Å². The highest BCUT2D eigenvalue weighted by Crippen LogP contribution is 2.29. The number of allylic oxidation sites excluding steroid dienone is 1. The van der Waals surface area contributed by atoms with Crippen molar-refractivity contribution < 1.29 is 33.8 Å². The molecule has 0 aromatic heterocycles. The molecule has 0 radical (unpaired) electrons. The molecule has 3 atom stereocenters. The van der Waals surface area contributed by atoms with E-state index in [0.717, 1.165) is 18.4 Å². The molecule has 0 spiro atoms. The third-order valence-electron chi connectivity index (χ3n) is 7.57. The lowest BCUT2D eigenvalue weighted by Crippen LogP contribution is -2.52. The van der Waals surface area contributed by atoms with E-state index in [9.17, 15) is 24.3 Å². The number of benzene rings is 1. The van der Waals surface area contributed by atoms with E-state index in [1.807, 2.05) is 51.1 Å². The number of ether oxygens (including phenoxy) is 2. The Hall–Kier alpha value is -3.40. The van der Waals surface area contributed by atoms with Gasteiger partial charge in [0.2, 0.25) is 11.8 Å². The highest BCUT2D eigenvalue weighted by atomic mass is 16.6. The smallest absolute Gasteiger partial charge is 0.408 e. The van der Waals surface area contributed by atoms with E-state index >= 15 is 0 Å². The summed E-state index contributed by atoms with van der Waals surface area (Å²) >= 11 is 0. The van der Waals surface area contributed by atoms with Gasteiger partial charge < -0.3 is 30.5 Å². The molecule has 0 unspecified atom stereocenters. The number of hydrogen-bond acceptors (Lipinski definition) is 7. The molecule has 0 saturated heterocycles. The molecule has 1 aliphatic heterocycles.